The molecule has 0 bridgehead atoms. The number of aromatic amines is 1. The van der Waals surface area contributed by atoms with E-state index in [0.717, 1.165) is 0 Å². The maximum Gasteiger partial charge on any atom is 0.277 e. The van der Waals surface area contributed by atoms with Gasteiger partial charge in [-0.25, -0.2) is 4.39 Å². The Labute approximate surface area is 101 Å². The molecule has 2 heterocycles. The lowest BCUT2D eigenvalue weighted by molar-refractivity contribution is 0.0944. The van der Waals surface area contributed by atoms with Gasteiger partial charge in [-0.3, -0.25) is 19.4 Å². The topological polar surface area (TPSA) is 66.9 Å². The number of hydrogen-bond acceptors (Lipinski definition) is 2. The normalized spacial score (nSPS) is 14.2. The monoisotopic (exact) mass is 247 g/mol. The van der Waals surface area contributed by atoms with E-state index in [2.05, 4.69) is 10.4 Å². The van der Waals surface area contributed by atoms with E-state index in [1.807, 2.05) is 0 Å². The zero-order valence-corrected chi connectivity index (χ0v) is 9.37. The lowest BCUT2D eigenvalue weighted by Gasteiger charge is -2.14. The molecule has 0 aliphatic carbocycles. The van der Waals surface area contributed by atoms with Crippen molar-refractivity contribution >= 4 is 5.91 Å². The average Bonchev–Trinajstić information content (AvgIpc) is 2.68. The van der Waals surface area contributed by atoms with Crippen molar-refractivity contribution in [3.05, 3.63) is 51.7 Å². The van der Waals surface area contributed by atoms with Gasteiger partial charge in [-0.15, -0.1) is 0 Å². The van der Waals surface area contributed by atoms with Crippen LogP contribution in [0.25, 0.3) is 5.69 Å². The predicted octanol–water partition coefficient (Wildman–Crippen LogP) is 0.591. The second kappa shape index (κ2) is 3.83. The van der Waals surface area contributed by atoms with Crippen molar-refractivity contribution in [1.29, 1.82) is 0 Å². The number of rotatable bonds is 1. The summed E-state index contributed by atoms with van der Waals surface area (Å²) in [5.74, 6) is -0.774. The number of halogens is 1. The van der Waals surface area contributed by atoms with E-state index in [-0.39, 0.29) is 11.5 Å². The molecule has 0 spiro atoms. The summed E-state index contributed by atoms with van der Waals surface area (Å²) in [6, 6.07) is 5.86. The van der Waals surface area contributed by atoms with Gasteiger partial charge in [0.2, 0.25) is 0 Å². The SMILES string of the molecule is O=C1NCCc2c1c(=O)[nH]n2-c1cccc(F)c1. The summed E-state index contributed by atoms with van der Waals surface area (Å²) in [4.78, 5) is 23.3. The molecule has 0 radical (unpaired) electrons. The predicted molar refractivity (Wildman–Crippen MR) is 62.4 cm³/mol. The van der Waals surface area contributed by atoms with Gasteiger partial charge < -0.3 is 5.32 Å². The van der Waals surface area contributed by atoms with E-state index < -0.39 is 11.4 Å². The van der Waals surface area contributed by atoms with E-state index >= 15 is 0 Å². The van der Waals surface area contributed by atoms with E-state index in [4.69, 9.17) is 0 Å². The maximum atomic E-state index is 13.2. The van der Waals surface area contributed by atoms with Crippen LogP contribution in [0.4, 0.5) is 4.39 Å². The first kappa shape index (κ1) is 10.8. The van der Waals surface area contributed by atoms with E-state index in [0.29, 0.717) is 24.3 Å². The fraction of sp³-hybridized carbons (Fsp3) is 0.167. The van der Waals surface area contributed by atoms with Crippen molar-refractivity contribution in [2.45, 2.75) is 6.42 Å². The Balaban J connectivity index is 2.23. The Hall–Kier alpha value is -2.37. The fourth-order valence-electron chi connectivity index (χ4n) is 2.16. The van der Waals surface area contributed by atoms with Crippen molar-refractivity contribution < 1.29 is 9.18 Å². The third kappa shape index (κ3) is 1.54. The Morgan fingerprint density at radius 2 is 2.11 bits per heavy atom. The molecule has 0 saturated carbocycles. The van der Waals surface area contributed by atoms with Gasteiger partial charge in [0.25, 0.3) is 11.5 Å². The number of nitrogens with zero attached hydrogens (tertiary/aromatic N) is 1. The third-order valence-corrected chi connectivity index (χ3v) is 2.94. The van der Waals surface area contributed by atoms with Crippen molar-refractivity contribution in [1.82, 2.24) is 15.1 Å². The molecule has 0 unspecified atom stereocenters. The molecule has 1 amide bonds. The molecule has 0 fully saturated rings. The second-order valence-electron chi connectivity index (χ2n) is 4.08. The Kier molecular flexibility index (Phi) is 2.29. The first-order chi connectivity index (χ1) is 8.66. The minimum absolute atomic E-state index is 0.116. The number of carbonyl (C=O) groups excluding carboxylic acids is 1. The van der Waals surface area contributed by atoms with Gasteiger partial charge in [0, 0.05) is 13.0 Å². The maximum absolute atomic E-state index is 13.2. The van der Waals surface area contributed by atoms with E-state index in [1.165, 1.54) is 16.8 Å². The quantitative estimate of drug-likeness (QED) is 0.774. The summed E-state index contributed by atoms with van der Waals surface area (Å²) in [6.07, 6.45) is 0.538. The fourth-order valence-corrected chi connectivity index (χ4v) is 2.16. The van der Waals surface area contributed by atoms with E-state index in [1.54, 1.807) is 12.1 Å². The minimum Gasteiger partial charge on any atom is -0.351 e. The number of amides is 1. The van der Waals surface area contributed by atoms with Gasteiger partial charge in [-0.1, -0.05) is 6.07 Å². The number of benzene rings is 1. The number of aromatic nitrogens is 2. The van der Waals surface area contributed by atoms with Crippen LogP contribution in [0.3, 0.4) is 0 Å². The number of H-pyrrole nitrogens is 1. The zero-order valence-electron chi connectivity index (χ0n) is 9.37. The lowest BCUT2D eigenvalue weighted by atomic mass is 10.1. The molecule has 1 aromatic heterocycles. The van der Waals surface area contributed by atoms with Gasteiger partial charge in [0.05, 0.1) is 11.4 Å². The highest BCUT2D eigenvalue weighted by Crippen LogP contribution is 2.15. The molecule has 6 heteroatoms. The minimum atomic E-state index is -0.452. The first-order valence-corrected chi connectivity index (χ1v) is 5.55. The van der Waals surface area contributed by atoms with Crippen LogP contribution in [0.1, 0.15) is 16.1 Å². The van der Waals surface area contributed by atoms with Crippen LogP contribution in [0.5, 0.6) is 0 Å². The molecular formula is C12H10FN3O2. The van der Waals surface area contributed by atoms with Crippen molar-refractivity contribution in [2.75, 3.05) is 6.54 Å². The van der Waals surface area contributed by atoms with Crippen LogP contribution in [0.2, 0.25) is 0 Å². The average molecular weight is 247 g/mol. The summed E-state index contributed by atoms with van der Waals surface area (Å²) in [6.45, 7) is 0.471. The summed E-state index contributed by atoms with van der Waals surface area (Å²) in [7, 11) is 0. The largest absolute Gasteiger partial charge is 0.351 e. The molecule has 1 aromatic carbocycles. The number of hydrogen-bond donors (Lipinski definition) is 2. The molecule has 2 aromatic rings. The first-order valence-electron chi connectivity index (χ1n) is 5.55. The summed E-state index contributed by atoms with van der Waals surface area (Å²) < 4.78 is 14.7. The Bertz CT molecular complexity index is 687. The van der Waals surface area contributed by atoms with Crippen LogP contribution >= 0.6 is 0 Å². The van der Waals surface area contributed by atoms with Gasteiger partial charge in [-0.05, 0) is 18.2 Å². The van der Waals surface area contributed by atoms with Crippen LogP contribution < -0.4 is 10.9 Å². The van der Waals surface area contributed by atoms with E-state index in [9.17, 15) is 14.0 Å². The number of fused-ring (bicyclic) bond motifs is 1. The Morgan fingerprint density at radius 3 is 2.89 bits per heavy atom. The molecule has 0 saturated heterocycles. The lowest BCUT2D eigenvalue weighted by Crippen LogP contribution is -2.34. The Morgan fingerprint density at radius 1 is 1.28 bits per heavy atom. The molecule has 5 nitrogen and oxygen atoms in total. The highest BCUT2D eigenvalue weighted by Gasteiger charge is 2.25. The highest BCUT2D eigenvalue weighted by molar-refractivity contribution is 5.96. The summed E-state index contributed by atoms with van der Waals surface area (Å²) in [5, 5.41) is 5.17. The summed E-state index contributed by atoms with van der Waals surface area (Å²) in [5.41, 5.74) is 0.759. The van der Waals surface area contributed by atoms with Gasteiger partial charge in [0.15, 0.2) is 0 Å². The molecule has 18 heavy (non-hydrogen) atoms. The molecule has 2 N–H and O–H groups in total. The molecule has 1 aliphatic rings. The highest BCUT2D eigenvalue weighted by atomic mass is 19.1. The van der Waals surface area contributed by atoms with Gasteiger partial charge in [0.1, 0.15) is 11.4 Å². The van der Waals surface area contributed by atoms with Crippen LogP contribution in [-0.2, 0) is 6.42 Å². The number of carbonyl (C=O) groups is 1. The smallest absolute Gasteiger partial charge is 0.277 e. The molecule has 1 aliphatic heterocycles. The zero-order chi connectivity index (χ0) is 12.7. The van der Waals surface area contributed by atoms with Crippen LogP contribution in [0, 0.1) is 5.82 Å². The third-order valence-electron chi connectivity index (χ3n) is 2.94. The molecule has 3 rings (SSSR count). The van der Waals surface area contributed by atoms with Crippen LogP contribution in [-0.4, -0.2) is 22.2 Å². The molecule has 92 valence electrons. The van der Waals surface area contributed by atoms with Crippen LogP contribution in [0.15, 0.2) is 29.1 Å². The standard InChI is InChI=1S/C12H10FN3O2/c13-7-2-1-3-8(6-7)16-9-4-5-14-11(17)10(9)12(18)15-16/h1-3,6H,4-5H2,(H,14,17)(H,15,18). The summed E-state index contributed by atoms with van der Waals surface area (Å²) >= 11 is 0. The van der Waals surface area contributed by atoms with Gasteiger partial charge >= 0.3 is 0 Å². The number of nitrogens with one attached hydrogen (secondary N) is 2. The van der Waals surface area contributed by atoms with Crippen molar-refractivity contribution in [3.8, 4) is 5.69 Å². The second-order valence-corrected chi connectivity index (χ2v) is 4.08. The molecular weight excluding hydrogens is 237 g/mol. The van der Waals surface area contributed by atoms with Crippen molar-refractivity contribution in [3.63, 3.8) is 0 Å². The van der Waals surface area contributed by atoms with Crippen molar-refractivity contribution in [2.24, 2.45) is 0 Å². The molecule has 0 atom stereocenters. The van der Waals surface area contributed by atoms with Gasteiger partial charge in [-0.2, -0.15) is 0 Å².